The second-order valence-electron chi connectivity index (χ2n) is 4.14. The van der Waals surface area contributed by atoms with Gasteiger partial charge in [-0.25, -0.2) is 0 Å². The molecule has 0 saturated carbocycles. The molecule has 0 bridgehead atoms. The van der Waals surface area contributed by atoms with E-state index >= 15 is 0 Å². The van der Waals surface area contributed by atoms with Gasteiger partial charge >= 0.3 is 0 Å². The lowest BCUT2D eigenvalue weighted by atomic mass is 10.1. The maximum atomic E-state index is 12.1. The van der Waals surface area contributed by atoms with Crippen molar-refractivity contribution in [1.29, 1.82) is 0 Å². The normalized spacial score (nSPS) is 35.5. The van der Waals surface area contributed by atoms with Crippen molar-refractivity contribution in [2.45, 2.75) is 31.5 Å². The summed E-state index contributed by atoms with van der Waals surface area (Å²) < 4.78 is 0. The fourth-order valence-corrected chi connectivity index (χ4v) is 3.99. The van der Waals surface area contributed by atoms with Crippen LogP contribution in [0.2, 0.25) is 0 Å². The van der Waals surface area contributed by atoms with Crippen LogP contribution in [0.4, 0.5) is 0 Å². The molecule has 3 atom stereocenters. The van der Waals surface area contributed by atoms with Crippen LogP contribution in [0, 0.1) is 0 Å². The lowest BCUT2D eigenvalue weighted by Crippen LogP contribution is -2.51. The highest BCUT2D eigenvalue weighted by molar-refractivity contribution is 7.99. The first kappa shape index (κ1) is 11.4. The van der Waals surface area contributed by atoms with Crippen LogP contribution in [0.3, 0.4) is 0 Å². The van der Waals surface area contributed by atoms with E-state index in [-0.39, 0.29) is 18.0 Å². The number of amides is 1. The predicted molar refractivity (Wildman–Crippen MR) is 67.5 cm³/mol. The van der Waals surface area contributed by atoms with Gasteiger partial charge < -0.3 is 10.2 Å². The van der Waals surface area contributed by atoms with Gasteiger partial charge in [-0.2, -0.15) is 11.8 Å². The summed E-state index contributed by atoms with van der Waals surface area (Å²) in [5.41, 5.74) is 0. The number of likely N-dealkylation sites (N-methyl/N-ethyl adjacent to an activating group) is 1. The number of nitrogens with zero attached hydrogens (tertiary/aromatic N) is 1. The fourth-order valence-electron chi connectivity index (χ4n) is 2.35. The van der Waals surface area contributed by atoms with E-state index in [0.29, 0.717) is 6.04 Å². The summed E-state index contributed by atoms with van der Waals surface area (Å²) in [4.78, 5) is 15.0. The van der Waals surface area contributed by atoms with Gasteiger partial charge in [-0.3, -0.25) is 4.79 Å². The van der Waals surface area contributed by atoms with Gasteiger partial charge in [0.15, 0.2) is 0 Å². The van der Waals surface area contributed by atoms with Gasteiger partial charge in [0.05, 0.1) is 12.1 Å². The number of rotatable bonds is 2. The second kappa shape index (κ2) is 4.39. The molecule has 2 aliphatic heterocycles. The number of thiocarbonyl (C=S) groups is 1. The van der Waals surface area contributed by atoms with Gasteiger partial charge in [-0.15, -0.1) is 0 Å². The average molecular weight is 244 g/mol. The zero-order valence-corrected chi connectivity index (χ0v) is 10.7. The Labute approximate surface area is 100.0 Å². The van der Waals surface area contributed by atoms with E-state index in [1.807, 2.05) is 30.6 Å². The van der Waals surface area contributed by atoms with Crippen molar-refractivity contribution in [3.05, 3.63) is 0 Å². The van der Waals surface area contributed by atoms with Crippen LogP contribution in [0.15, 0.2) is 0 Å². The van der Waals surface area contributed by atoms with Crippen LogP contribution in [0.25, 0.3) is 0 Å². The van der Waals surface area contributed by atoms with Crippen LogP contribution >= 0.6 is 24.0 Å². The van der Waals surface area contributed by atoms with Crippen LogP contribution in [0.1, 0.15) is 13.3 Å². The SMILES string of the molecule is CNC1CC2CSCC(C(C)=S)N2C1=O. The topological polar surface area (TPSA) is 32.3 Å². The molecule has 5 heteroatoms. The number of carbonyl (C=O) groups is 1. The second-order valence-corrected chi connectivity index (χ2v) is 5.86. The van der Waals surface area contributed by atoms with E-state index in [9.17, 15) is 4.79 Å². The molecule has 2 heterocycles. The van der Waals surface area contributed by atoms with E-state index in [1.54, 1.807) is 0 Å². The molecule has 2 fully saturated rings. The fraction of sp³-hybridized carbons (Fsp3) is 0.800. The van der Waals surface area contributed by atoms with Crippen LogP contribution in [-0.4, -0.2) is 52.4 Å². The number of hydrogen-bond donors (Lipinski definition) is 1. The smallest absolute Gasteiger partial charge is 0.240 e. The van der Waals surface area contributed by atoms with Gasteiger partial charge in [0.2, 0.25) is 5.91 Å². The highest BCUT2D eigenvalue weighted by atomic mass is 32.2. The highest BCUT2D eigenvalue weighted by Gasteiger charge is 2.44. The summed E-state index contributed by atoms with van der Waals surface area (Å²) in [5.74, 6) is 2.26. The summed E-state index contributed by atoms with van der Waals surface area (Å²) >= 11 is 7.15. The zero-order chi connectivity index (χ0) is 11.0. The Hall–Kier alpha value is -0.130. The summed E-state index contributed by atoms with van der Waals surface area (Å²) in [6, 6.07) is 0.566. The number of fused-ring (bicyclic) bond motifs is 1. The molecule has 0 aromatic carbocycles. The van der Waals surface area contributed by atoms with Crippen molar-refractivity contribution >= 4 is 34.8 Å². The first-order valence-electron chi connectivity index (χ1n) is 5.22. The van der Waals surface area contributed by atoms with Crippen molar-refractivity contribution in [3.63, 3.8) is 0 Å². The minimum absolute atomic E-state index is 0.00514. The first-order valence-corrected chi connectivity index (χ1v) is 6.79. The maximum Gasteiger partial charge on any atom is 0.240 e. The Balaban J connectivity index is 2.20. The molecular formula is C10H16N2OS2. The number of thioether (sulfide) groups is 1. The standard InChI is InChI=1S/C10H16N2OS2/c1-6(14)9-5-15-4-7-3-8(11-2)10(13)12(7)9/h7-9,11H,3-5H2,1-2H3. The molecule has 1 N–H and O–H groups in total. The lowest BCUT2D eigenvalue weighted by molar-refractivity contribution is -0.131. The van der Waals surface area contributed by atoms with Crippen molar-refractivity contribution < 1.29 is 4.79 Å². The monoisotopic (exact) mass is 244 g/mol. The number of hydrogen-bond acceptors (Lipinski definition) is 4. The van der Waals surface area contributed by atoms with E-state index in [2.05, 4.69) is 5.32 Å². The lowest BCUT2D eigenvalue weighted by Gasteiger charge is -2.37. The molecule has 0 radical (unpaired) electrons. The Kier molecular flexibility index (Phi) is 3.33. The van der Waals surface area contributed by atoms with Gasteiger partial charge in [0.1, 0.15) is 0 Å². The molecule has 2 rings (SSSR count). The minimum Gasteiger partial charge on any atom is -0.329 e. The quantitative estimate of drug-likeness (QED) is 0.724. The molecule has 0 spiro atoms. The van der Waals surface area contributed by atoms with E-state index < -0.39 is 0 Å². The van der Waals surface area contributed by atoms with Gasteiger partial charge in [0, 0.05) is 22.4 Å². The van der Waals surface area contributed by atoms with E-state index in [1.165, 1.54) is 0 Å². The van der Waals surface area contributed by atoms with Crippen molar-refractivity contribution in [2.24, 2.45) is 0 Å². The number of nitrogens with one attached hydrogen (secondary N) is 1. The molecule has 0 aliphatic carbocycles. The molecule has 84 valence electrons. The third-order valence-electron chi connectivity index (χ3n) is 3.19. The average Bonchev–Trinajstić information content (AvgIpc) is 2.55. The summed E-state index contributed by atoms with van der Waals surface area (Å²) in [6.07, 6.45) is 0.932. The Morgan fingerprint density at radius 3 is 2.93 bits per heavy atom. The van der Waals surface area contributed by atoms with Gasteiger partial charge in [0.25, 0.3) is 0 Å². The van der Waals surface area contributed by atoms with Gasteiger partial charge in [-0.05, 0) is 20.4 Å². The predicted octanol–water partition coefficient (Wildman–Crippen LogP) is 0.681. The molecular weight excluding hydrogens is 228 g/mol. The molecule has 15 heavy (non-hydrogen) atoms. The zero-order valence-electron chi connectivity index (χ0n) is 9.03. The third kappa shape index (κ3) is 1.92. The third-order valence-corrected chi connectivity index (χ3v) is 4.64. The largest absolute Gasteiger partial charge is 0.329 e. The van der Waals surface area contributed by atoms with Crippen molar-refractivity contribution in [2.75, 3.05) is 18.6 Å². The molecule has 1 amide bonds. The Bertz CT molecular complexity index is 295. The Morgan fingerprint density at radius 1 is 1.60 bits per heavy atom. The first-order chi connectivity index (χ1) is 7.15. The molecule has 3 unspecified atom stereocenters. The van der Waals surface area contributed by atoms with Crippen LogP contribution in [0.5, 0.6) is 0 Å². The maximum absolute atomic E-state index is 12.1. The van der Waals surface area contributed by atoms with E-state index in [4.69, 9.17) is 12.2 Å². The minimum atomic E-state index is 0.00514. The number of carbonyl (C=O) groups excluding carboxylic acids is 1. The van der Waals surface area contributed by atoms with Crippen molar-refractivity contribution in [1.82, 2.24) is 10.2 Å². The molecule has 0 aromatic rings. The van der Waals surface area contributed by atoms with E-state index in [0.717, 1.165) is 22.8 Å². The Morgan fingerprint density at radius 2 is 2.33 bits per heavy atom. The highest BCUT2D eigenvalue weighted by Crippen LogP contribution is 2.31. The summed E-state index contributed by atoms with van der Waals surface area (Å²) in [7, 11) is 1.85. The van der Waals surface area contributed by atoms with Crippen molar-refractivity contribution in [3.8, 4) is 0 Å². The molecule has 3 nitrogen and oxygen atoms in total. The van der Waals surface area contributed by atoms with Crippen LogP contribution in [-0.2, 0) is 4.79 Å². The molecule has 0 aromatic heterocycles. The summed E-state index contributed by atoms with van der Waals surface area (Å²) in [6.45, 7) is 1.95. The van der Waals surface area contributed by atoms with Gasteiger partial charge in [-0.1, -0.05) is 12.2 Å². The summed E-state index contributed by atoms with van der Waals surface area (Å²) in [5, 5.41) is 3.09. The molecule has 2 aliphatic rings. The molecule has 2 saturated heterocycles. The van der Waals surface area contributed by atoms with Crippen LogP contribution < -0.4 is 5.32 Å².